The predicted molar refractivity (Wildman–Crippen MR) is 74.8 cm³/mol. The van der Waals surface area contributed by atoms with E-state index in [1.165, 1.54) is 19.3 Å². The highest BCUT2D eigenvalue weighted by molar-refractivity contribution is 5.72. The first-order chi connectivity index (χ1) is 8.57. The van der Waals surface area contributed by atoms with E-state index in [1.807, 2.05) is 0 Å². The Bertz CT molecular complexity index is 202. The molecule has 0 aromatic heterocycles. The van der Waals surface area contributed by atoms with Gasteiger partial charge in [-0.15, -0.1) is 0 Å². The maximum absolute atomic E-state index is 11.0. The Hall–Kier alpha value is -0.570. The van der Waals surface area contributed by atoms with Gasteiger partial charge in [0.05, 0.1) is 0 Å². The highest BCUT2D eigenvalue weighted by Crippen LogP contribution is 2.12. The first-order valence-electron chi connectivity index (χ1n) is 7.42. The van der Waals surface area contributed by atoms with E-state index in [0.717, 1.165) is 25.7 Å². The minimum absolute atomic E-state index is 0.584. The second kappa shape index (κ2) is 11.5. The lowest BCUT2D eigenvalue weighted by atomic mass is 10.0. The topological polar surface area (TPSA) is 46.5 Å². The van der Waals surface area contributed by atoms with Crippen LogP contribution in [-0.2, 0) is 9.53 Å². The molecule has 0 aromatic carbocycles. The fourth-order valence-electron chi connectivity index (χ4n) is 1.91. The Morgan fingerprint density at radius 2 is 1.72 bits per heavy atom. The van der Waals surface area contributed by atoms with Crippen LogP contribution in [0.3, 0.4) is 0 Å². The fourth-order valence-corrected chi connectivity index (χ4v) is 1.91. The van der Waals surface area contributed by atoms with E-state index < -0.39 is 12.1 Å². The molecule has 1 atom stereocenters. The zero-order valence-corrected chi connectivity index (χ0v) is 12.3. The van der Waals surface area contributed by atoms with Crippen LogP contribution in [0.4, 0.5) is 0 Å². The molecule has 0 rings (SSSR count). The summed E-state index contributed by atoms with van der Waals surface area (Å²) in [6.07, 6.45) is 7.77. The average Bonchev–Trinajstić information content (AvgIpc) is 2.30. The number of rotatable bonds is 12. The van der Waals surface area contributed by atoms with Crippen LogP contribution in [0.25, 0.3) is 0 Å². The summed E-state index contributed by atoms with van der Waals surface area (Å²) >= 11 is 0. The second-order valence-electron chi connectivity index (χ2n) is 5.44. The standard InChI is InChI=1S/C15H30O3/c1-4-5-6-9-12-18-14(15(16)17)11-8-7-10-13(2)3/h13-14H,4-12H2,1-3H3,(H,16,17). The molecule has 108 valence electrons. The third kappa shape index (κ3) is 10.6. The molecule has 0 saturated carbocycles. The zero-order valence-electron chi connectivity index (χ0n) is 12.3. The predicted octanol–water partition coefficient (Wildman–Crippen LogP) is 4.25. The van der Waals surface area contributed by atoms with Gasteiger partial charge in [0.2, 0.25) is 0 Å². The van der Waals surface area contributed by atoms with Crippen molar-refractivity contribution in [2.75, 3.05) is 6.61 Å². The van der Waals surface area contributed by atoms with Crippen molar-refractivity contribution in [1.82, 2.24) is 0 Å². The smallest absolute Gasteiger partial charge is 0.332 e. The van der Waals surface area contributed by atoms with Crippen molar-refractivity contribution in [3.8, 4) is 0 Å². The summed E-state index contributed by atoms with van der Waals surface area (Å²) in [6.45, 7) is 7.13. The van der Waals surface area contributed by atoms with Gasteiger partial charge in [-0.25, -0.2) is 4.79 Å². The number of hydrogen-bond donors (Lipinski definition) is 1. The van der Waals surface area contributed by atoms with E-state index in [-0.39, 0.29) is 0 Å². The van der Waals surface area contributed by atoms with Crippen LogP contribution in [0, 0.1) is 5.92 Å². The number of unbranched alkanes of at least 4 members (excludes halogenated alkanes) is 4. The number of carbonyl (C=O) groups is 1. The molecule has 0 fully saturated rings. The molecule has 0 aliphatic rings. The summed E-state index contributed by atoms with van der Waals surface area (Å²) in [7, 11) is 0. The maximum Gasteiger partial charge on any atom is 0.332 e. The van der Waals surface area contributed by atoms with E-state index in [2.05, 4.69) is 20.8 Å². The van der Waals surface area contributed by atoms with Crippen LogP contribution >= 0.6 is 0 Å². The van der Waals surface area contributed by atoms with Gasteiger partial charge in [0.25, 0.3) is 0 Å². The minimum atomic E-state index is -0.810. The summed E-state index contributed by atoms with van der Waals surface area (Å²) in [5, 5.41) is 9.06. The van der Waals surface area contributed by atoms with Crippen molar-refractivity contribution >= 4 is 5.97 Å². The molecule has 3 heteroatoms. The summed E-state index contributed by atoms with van der Waals surface area (Å²) in [5.41, 5.74) is 0. The third-order valence-electron chi connectivity index (χ3n) is 3.09. The quantitative estimate of drug-likeness (QED) is 0.532. The molecule has 0 amide bonds. The number of carboxylic acids is 1. The van der Waals surface area contributed by atoms with Gasteiger partial charge in [-0.2, -0.15) is 0 Å². The van der Waals surface area contributed by atoms with E-state index in [9.17, 15) is 4.79 Å². The Morgan fingerprint density at radius 3 is 2.28 bits per heavy atom. The van der Waals surface area contributed by atoms with Gasteiger partial charge in [-0.1, -0.05) is 59.3 Å². The van der Waals surface area contributed by atoms with Crippen molar-refractivity contribution in [3.63, 3.8) is 0 Å². The summed E-state index contributed by atoms with van der Waals surface area (Å²) in [5.74, 6) is -0.113. The number of hydrogen-bond acceptors (Lipinski definition) is 2. The number of ether oxygens (including phenoxy) is 1. The van der Waals surface area contributed by atoms with E-state index in [1.54, 1.807) is 0 Å². The highest BCUT2D eigenvalue weighted by Gasteiger charge is 2.17. The van der Waals surface area contributed by atoms with E-state index in [0.29, 0.717) is 18.9 Å². The molecule has 0 saturated heterocycles. The maximum atomic E-state index is 11.0. The third-order valence-corrected chi connectivity index (χ3v) is 3.09. The van der Waals surface area contributed by atoms with Crippen LogP contribution in [0.2, 0.25) is 0 Å². The van der Waals surface area contributed by atoms with Gasteiger partial charge >= 0.3 is 5.97 Å². The van der Waals surface area contributed by atoms with Gasteiger partial charge in [-0.05, 0) is 18.8 Å². The lowest BCUT2D eigenvalue weighted by Gasteiger charge is -2.13. The van der Waals surface area contributed by atoms with Crippen LogP contribution in [0.5, 0.6) is 0 Å². The van der Waals surface area contributed by atoms with Gasteiger partial charge in [0, 0.05) is 6.61 Å². The molecule has 0 aromatic rings. The highest BCUT2D eigenvalue weighted by atomic mass is 16.5. The molecule has 1 unspecified atom stereocenters. The van der Waals surface area contributed by atoms with Gasteiger partial charge in [0.1, 0.15) is 0 Å². The SMILES string of the molecule is CCCCCCOC(CCCCC(C)C)C(=O)O. The molecule has 0 aliphatic carbocycles. The molecule has 0 radical (unpaired) electrons. The molecule has 1 N–H and O–H groups in total. The lowest BCUT2D eigenvalue weighted by Crippen LogP contribution is -2.24. The number of carboxylic acid groups (broad SMARTS) is 1. The Labute approximate surface area is 112 Å². The van der Waals surface area contributed by atoms with Crippen molar-refractivity contribution in [3.05, 3.63) is 0 Å². The summed E-state index contributed by atoms with van der Waals surface area (Å²) in [4.78, 5) is 11.0. The van der Waals surface area contributed by atoms with Crippen LogP contribution in [0.1, 0.15) is 72.1 Å². The normalized spacial score (nSPS) is 12.9. The van der Waals surface area contributed by atoms with E-state index >= 15 is 0 Å². The van der Waals surface area contributed by atoms with Crippen LogP contribution in [0.15, 0.2) is 0 Å². The van der Waals surface area contributed by atoms with E-state index in [4.69, 9.17) is 9.84 Å². The van der Waals surface area contributed by atoms with Gasteiger partial charge in [-0.3, -0.25) is 0 Å². The zero-order chi connectivity index (χ0) is 13.8. The van der Waals surface area contributed by atoms with Gasteiger partial charge in [0.15, 0.2) is 6.10 Å². The first-order valence-corrected chi connectivity index (χ1v) is 7.42. The van der Waals surface area contributed by atoms with Crippen molar-refractivity contribution in [2.45, 2.75) is 78.2 Å². The fraction of sp³-hybridized carbons (Fsp3) is 0.933. The second-order valence-corrected chi connectivity index (χ2v) is 5.44. The Balaban J connectivity index is 3.62. The summed E-state index contributed by atoms with van der Waals surface area (Å²) < 4.78 is 5.46. The van der Waals surface area contributed by atoms with Crippen molar-refractivity contribution in [1.29, 1.82) is 0 Å². The lowest BCUT2D eigenvalue weighted by molar-refractivity contribution is -0.151. The number of aliphatic carboxylic acids is 1. The minimum Gasteiger partial charge on any atom is -0.479 e. The van der Waals surface area contributed by atoms with Gasteiger partial charge < -0.3 is 9.84 Å². The van der Waals surface area contributed by atoms with Crippen LogP contribution in [-0.4, -0.2) is 23.8 Å². The van der Waals surface area contributed by atoms with Crippen LogP contribution < -0.4 is 0 Å². The Kier molecular flexibility index (Phi) is 11.2. The van der Waals surface area contributed by atoms with Crippen molar-refractivity contribution < 1.29 is 14.6 Å². The largest absolute Gasteiger partial charge is 0.479 e. The molecule has 18 heavy (non-hydrogen) atoms. The monoisotopic (exact) mass is 258 g/mol. The molecule has 0 bridgehead atoms. The molecule has 0 spiro atoms. The van der Waals surface area contributed by atoms with Crippen molar-refractivity contribution in [2.24, 2.45) is 5.92 Å². The Morgan fingerprint density at radius 1 is 1.06 bits per heavy atom. The molecular weight excluding hydrogens is 228 g/mol. The first kappa shape index (κ1) is 17.4. The average molecular weight is 258 g/mol. The molecular formula is C15H30O3. The molecule has 3 nitrogen and oxygen atoms in total. The summed E-state index contributed by atoms with van der Waals surface area (Å²) in [6, 6.07) is 0. The molecule has 0 heterocycles. The molecule has 0 aliphatic heterocycles.